The summed E-state index contributed by atoms with van der Waals surface area (Å²) < 4.78 is 6.19. The predicted octanol–water partition coefficient (Wildman–Crippen LogP) is 7.27. The quantitative estimate of drug-likeness (QED) is 0.350. The molecule has 136 valence electrons. The van der Waals surface area contributed by atoms with E-state index in [0.29, 0.717) is 0 Å². The van der Waals surface area contributed by atoms with Gasteiger partial charge in [0, 0.05) is 16.3 Å². The highest BCUT2D eigenvalue weighted by Crippen LogP contribution is 2.37. The van der Waals surface area contributed by atoms with Gasteiger partial charge in [-0.25, -0.2) is 0 Å². The summed E-state index contributed by atoms with van der Waals surface area (Å²) in [5.41, 5.74) is 6.63. The lowest BCUT2D eigenvalue weighted by Crippen LogP contribution is -2.01. The van der Waals surface area contributed by atoms with Crippen LogP contribution in [-0.2, 0) is 0 Å². The molecule has 1 heterocycles. The fourth-order valence-corrected chi connectivity index (χ4v) is 4.11. The van der Waals surface area contributed by atoms with Crippen molar-refractivity contribution in [3.8, 4) is 11.1 Å². The van der Waals surface area contributed by atoms with Crippen molar-refractivity contribution >= 4 is 28.7 Å². The van der Waals surface area contributed by atoms with Crippen molar-refractivity contribution in [3.63, 3.8) is 0 Å². The summed E-state index contributed by atoms with van der Waals surface area (Å²) >= 11 is 0. The van der Waals surface area contributed by atoms with Gasteiger partial charge in [0.1, 0.15) is 11.2 Å². The Hall–Kier alpha value is -3.39. The smallest absolute Gasteiger partial charge is 0.143 e. The fraction of sp³-hybridized carbons (Fsp3) is 0.115. The topological polar surface area (TPSA) is 25.5 Å². The van der Waals surface area contributed by atoms with Crippen LogP contribution >= 0.6 is 0 Å². The second kappa shape index (κ2) is 6.97. The molecule has 0 amide bonds. The van der Waals surface area contributed by atoms with Gasteiger partial charge in [-0.3, -0.25) is 4.99 Å². The Morgan fingerprint density at radius 1 is 0.893 bits per heavy atom. The third kappa shape index (κ3) is 2.78. The number of allylic oxidation sites excluding steroid dienone is 3. The SMILES string of the molecule is C=NC(C1=CC=CCC1)c1ccc(-c2cccc3c2oc2ccccc23)cc1. The highest BCUT2D eigenvalue weighted by atomic mass is 16.3. The second-order valence-electron chi connectivity index (χ2n) is 7.20. The zero-order chi connectivity index (χ0) is 18.9. The molecule has 0 spiro atoms. The maximum absolute atomic E-state index is 6.19. The molecule has 3 aromatic carbocycles. The lowest BCUT2D eigenvalue weighted by Gasteiger charge is -2.18. The molecule has 1 aliphatic rings. The Bertz CT molecular complexity index is 1220. The van der Waals surface area contributed by atoms with E-state index in [1.807, 2.05) is 12.1 Å². The summed E-state index contributed by atoms with van der Waals surface area (Å²) in [5.74, 6) is 0. The van der Waals surface area contributed by atoms with E-state index >= 15 is 0 Å². The third-order valence-electron chi connectivity index (χ3n) is 5.52. The number of para-hydroxylation sites is 2. The Kier molecular flexibility index (Phi) is 4.17. The largest absolute Gasteiger partial charge is 0.455 e. The predicted molar refractivity (Wildman–Crippen MR) is 118 cm³/mol. The molecule has 0 aliphatic heterocycles. The number of hydrogen-bond acceptors (Lipinski definition) is 2. The maximum Gasteiger partial charge on any atom is 0.143 e. The Balaban J connectivity index is 1.56. The number of hydrogen-bond donors (Lipinski definition) is 0. The van der Waals surface area contributed by atoms with E-state index in [9.17, 15) is 0 Å². The average Bonchev–Trinajstić information content (AvgIpc) is 3.14. The van der Waals surface area contributed by atoms with E-state index in [1.54, 1.807) is 0 Å². The molecule has 1 aliphatic carbocycles. The van der Waals surface area contributed by atoms with Gasteiger partial charge in [-0.15, -0.1) is 0 Å². The van der Waals surface area contributed by atoms with Crippen LogP contribution in [0.2, 0.25) is 0 Å². The molecule has 1 unspecified atom stereocenters. The molecule has 4 aromatic rings. The van der Waals surface area contributed by atoms with Gasteiger partial charge in [-0.05, 0) is 42.3 Å². The molecular formula is C26H21NO. The fourth-order valence-electron chi connectivity index (χ4n) is 4.11. The Morgan fingerprint density at radius 2 is 1.71 bits per heavy atom. The van der Waals surface area contributed by atoms with Crippen LogP contribution in [-0.4, -0.2) is 6.72 Å². The monoisotopic (exact) mass is 363 g/mol. The highest BCUT2D eigenvalue weighted by molar-refractivity contribution is 6.09. The zero-order valence-corrected chi connectivity index (χ0v) is 15.6. The van der Waals surface area contributed by atoms with E-state index in [1.165, 1.54) is 11.1 Å². The maximum atomic E-state index is 6.19. The molecule has 0 radical (unpaired) electrons. The minimum absolute atomic E-state index is 0.0287. The number of nitrogens with zero attached hydrogens (tertiary/aromatic N) is 1. The molecule has 0 fully saturated rings. The Labute approximate surface area is 164 Å². The molecule has 0 bridgehead atoms. The first-order valence-corrected chi connectivity index (χ1v) is 9.67. The van der Waals surface area contributed by atoms with Crippen LogP contribution in [0.5, 0.6) is 0 Å². The molecule has 1 aromatic heterocycles. The summed E-state index contributed by atoms with van der Waals surface area (Å²) in [6.45, 7) is 3.83. The van der Waals surface area contributed by atoms with Crippen LogP contribution in [0.3, 0.4) is 0 Å². The lowest BCUT2D eigenvalue weighted by atomic mass is 9.91. The molecule has 0 saturated heterocycles. The number of benzene rings is 3. The lowest BCUT2D eigenvalue weighted by molar-refractivity contribution is 0.670. The van der Waals surface area contributed by atoms with Crippen molar-refractivity contribution in [2.45, 2.75) is 18.9 Å². The van der Waals surface area contributed by atoms with Gasteiger partial charge < -0.3 is 4.42 Å². The zero-order valence-electron chi connectivity index (χ0n) is 15.6. The van der Waals surface area contributed by atoms with Crippen molar-refractivity contribution in [1.29, 1.82) is 0 Å². The van der Waals surface area contributed by atoms with Gasteiger partial charge in [-0.1, -0.05) is 78.9 Å². The first kappa shape index (κ1) is 16.8. The van der Waals surface area contributed by atoms with Crippen molar-refractivity contribution in [2.75, 3.05) is 0 Å². The molecule has 5 rings (SSSR count). The van der Waals surface area contributed by atoms with Crippen molar-refractivity contribution in [1.82, 2.24) is 0 Å². The van der Waals surface area contributed by atoms with E-state index in [-0.39, 0.29) is 6.04 Å². The van der Waals surface area contributed by atoms with E-state index < -0.39 is 0 Å². The van der Waals surface area contributed by atoms with Crippen LogP contribution in [0.4, 0.5) is 0 Å². The number of furan rings is 1. The first-order chi connectivity index (χ1) is 13.8. The minimum atomic E-state index is 0.0287. The van der Waals surface area contributed by atoms with Crippen LogP contribution in [0.25, 0.3) is 33.1 Å². The minimum Gasteiger partial charge on any atom is -0.455 e. The normalized spacial score (nSPS) is 14.9. The second-order valence-corrected chi connectivity index (χ2v) is 7.20. The summed E-state index contributed by atoms with van der Waals surface area (Å²) in [6.07, 6.45) is 8.60. The molecule has 2 heteroatoms. The van der Waals surface area contributed by atoms with Crippen molar-refractivity contribution in [2.24, 2.45) is 4.99 Å². The molecule has 0 N–H and O–H groups in total. The molecule has 0 saturated carbocycles. The van der Waals surface area contributed by atoms with Crippen LogP contribution in [0, 0.1) is 0 Å². The third-order valence-corrected chi connectivity index (χ3v) is 5.52. The standard InChI is InChI=1S/C26H21NO/c1-27-25(19-8-3-2-4-9-19)20-16-14-18(15-17-20)21-11-7-12-23-22-10-5-6-13-24(22)28-26(21)23/h2-3,5-8,10-17,25H,1,4,9H2. The van der Waals surface area contributed by atoms with Gasteiger partial charge in [0.05, 0.1) is 6.04 Å². The van der Waals surface area contributed by atoms with E-state index in [2.05, 4.69) is 84.5 Å². The molecule has 1 atom stereocenters. The summed E-state index contributed by atoms with van der Waals surface area (Å²) in [7, 11) is 0. The van der Waals surface area contributed by atoms with Gasteiger partial charge in [-0.2, -0.15) is 0 Å². The molecular weight excluding hydrogens is 342 g/mol. The van der Waals surface area contributed by atoms with Gasteiger partial charge in [0.15, 0.2) is 0 Å². The summed E-state index contributed by atoms with van der Waals surface area (Å²) in [5, 5.41) is 2.31. The van der Waals surface area contributed by atoms with Crippen molar-refractivity contribution in [3.05, 3.63) is 96.1 Å². The summed E-state index contributed by atoms with van der Waals surface area (Å²) in [6, 6.07) is 23.2. The Morgan fingerprint density at radius 3 is 2.50 bits per heavy atom. The molecule has 28 heavy (non-hydrogen) atoms. The van der Waals surface area contributed by atoms with E-state index in [0.717, 1.165) is 45.9 Å². The average molecular weight is 363 g/mol. The number of fused-ring (bicyclic) bond motifs is 3. The summed E-state index contributed by atoms with van der Waals surface area (Å²) in [4.78, 5) is 4.39. The van der Waals surface area contributed by atoms with E-state index in [4.69, 9.17) is 4.42 Å². The first-order valence-electron chi connectivity index (χ1n) is 9.67. The highest BCUT2D eigenvalue weighted by Gasteiger charge is 2.16. The van der Waals surface area contributed by atoms with Gasteiger partial charge in [0.2, 0.25) is 0 Å². The van der Waals surface area contributed by atoms with Crippen LogP contribution in [0.15, 0.2) is 99.9 Å². The number of aliphatic imine (C=N–C) groups is 1. The van der Waals surface area contributed by atoms with Crippen molar-refractivity contribution < 1.29 is 4.42 Å². The molecule has 2 nitrogen and oxygen atoms in total. The van der Waals surface area contributed by atoms with Gasteiger partial charge >= 0.3 is 0 Å². The van der Waals surface area contributed by atoms with Crippen LogP contribution < -0.4 is 0 Å². The van der Waals surface area contributed by atoms with Crippen LogP contribution in [0.1, 0.15) is 24.4 Å². The van der Waals surface area contributed by atoms with Gasteiger partial charge in [0.25, 0.3) is 0 Å². The number of rotatable bonds is 4.